The van der Waals surface area contributed by atoms with E-state index in [0.29, 0.717) is 19.0 Å². The van der Waals surface area contributed by atoms with Crippen LogP contribution in [0.5, 0.6) is 0 Å². The molecule has 3 rings (SSSR count). The molecular weight excluding hydrogens is 477 g/mol. The first kappa shape index (κ1) is 31.7. The lowest BCUT2D eigenvalue weighted by molar-refractivity contribution is -0.122. The molecule has 6 heteroatoms. The van der Waals surface area contributed by atoms with Crippen molar-refractivity contribution in [2.24, 2.45) is 5.92 Å². The van der Waals surface area contributed by atoms with Gasteiger partial charge in [-0.2, -0.15) is 0 Å². The number of piperidine rings is 1. The predicted molar refractivity (Wildman–Crippen MR) is 155 cm³/mol. The summed E-state index contributed by atoms with van der Waals surface area (Å²) in [5.74, 6) is 0.690. The van der Waals surface area contributed by atoms with Crippen molar-refractivity contribution < 1.29 is 4.79 Å². The van der Waals surface area contributed by atoms with Crippen molar-refractivity contribution in [3.8, 4) is 0 Å². The number of carbonyl (C=O) groups excluding carboxylic acids is 1. The Labute approximate surface area is 226 Å². The number of amides is 1. The largest absolute Gasteiger partial charge is 0.354 e. The van der Waals surface area contributed by atoms with Crippen LogP contribution in [0.1, 0.15) is 65.4 Å². The van der Waals surface area contributed by atoms with Crippen molar-refractivity contribution in [2.45, 2.75) is 65.2 Å². The van der Waals surface area contributed by atoms with Crippen molar-refractivity contribution in [1.82, 2.24) is 15.1 Å². The van der Waals surface area contributed by atoms with Crippen molar-refractivity contribution in [3.05, 3.63) is 48.0 Å². The second-order valence-electron chi connectivity index (χ2n) is 10.3. The van der Waals surface area contributed by atoms with Crippen LogP contribution in [-0.4, -0.2) is 61.5 Å². The van der Waals surface area contributed by atoms with Gasteiger partial charge in [0.05, 0.1) is 6.54 Å². The maximum Gasteiger partial charge on any atom is 0.234 e. The zero-order chi connectivity index (χ0) is 23.7. The zero-order valence-electron chi connectivity index (χ0n) is 22.2. The van der Waals surface area contributed by atoms with E-state index in [1.807, 2.05) is 0 Å². The van der Waals surface area contributed by atoms with E-state index in [2.05, 4.69) is 85.3 Å². The number of benzene rings is 2. The zero-order valence-corrected chi connectivity index (χ0v) is 23.9. The van der Waals surface area contributed by atoms with E-state index in [0.717, 1.165) is 32.5 Å². The number of hydrogen-bond acceptors (Lipinski definition) is 3. The third-order valence-corrected chi connectivity index (χ3v) is 7.40. The van der Waals surface area contributed by atoms with Crippen LogP contribution in [0.4, 0.5) is 0 Å². The Kier molecular flexibility index (Phi) is 14.2. The summed E-state index contributed by atoms with van der Waals surface area (Å²) in [5, 5.41) is 6.00. The summed E-state index contributed by atoms with van der Waals surface area (Å²) in [6.07, 6.45) is 6.13. The first-order chi connectivity index (χ1) is 16.0. The van der Waals surface area contributed by atoms with Gasteiger partial charge in [-0.25, -0.2) is 0 Å². The molecule has 1 saturated heterocycles. The Morgan fingerprint density at radius 1 is 1.00 bits per heavy atom. The third-order valence-electron chi connectivity index (χ3n) is 7.40. The van der Waals surface area contributed by atoms with Gasteiger partial charge in [-0.3, -0.25) is 9.69 Å². The fraction of sp³-hybridized carbons (Fsp3) is 0.621. The molecular formula is C29H47Cl2N3O. The molecule has 198 valence electrons. The summed E-state index contributed by atoms with van der Waals surface area (Å²) in [6, 6.07) is 15.5. The molecule has 1 heterocycles. The van der Waals surface area contributed by atoms with Crippen LogP contribution < -0.4 is 5.32 Å². The van der Waals surface area contributed by atoms with Gasteiger partial charge in [0.25, 0.3) is 0 Å². The highest BCUT2D eigenvalue weighted by Gasteiger charge is 2.35. The molecule has 35 heavy (non-hydrogen) atoms. The summed E-state index contributed by atoms with van der Waals surface area (Å²) in [6.45, 7) is 15.4. The van der Waals surface area contributed by atoms with E-state index in [4.69, 9.17) is 0 Å². The average Bonchev–Trinajstić information content (AvgIpc) is 2.84. The molecule has 0 saturated carbocycles. The minimum absolute atomic E-state index is 0. The maximum atomic E-state index is 12.9. The summed E-state index contributed by atoms with van der Waals surface area (Å²) < 4.78 is 0. The molecule has 0 spiro atoms. The molecule has 1 unspecified atom stereocenters. The monoisotopic (exact) mass is 523 g/mol. The Bertz CT molecular complexity index is 876. The van der Waals surface area contributed by atoms with Crippen LogP contribution in [0, 0.1) is 5.92 Å². The number of likely N-dealkylation sites (tertiary alicyclic amines) is 1. The standard InChI is InChI=1S/C29H45N3O.2ClH/c1-5-31(6-2)22-28(33)30-23-29(21-24(3)4,17-20-32-18-10-7-11-19-32)27-16-12-14-25-13-8-9-15-26(25)27;;/h8-9,12-16,24H,5-7,10-11,17-23H2,1-4H3,(H,30,33);2*1H. The van der Waals surface area contributed by atoms with E-state index in [1.54, 1.807) is 0 Å². The summed E-state index contributed by atoms with van der Waals surface area (Å²) >= 11 is 0. The number of nitrogens with zero attached hydrogens (tertiary/aromatic N) is 2. The molecule has 0 radical (unpaired) electrons. The lowest BCUT2D eigenvalue weighted by atomic mass is 9.70. The van der Waals surface area contributed by atoms with Crippen molar-refractivity contribution in [2.75, 3.05) is 45.8 Å². The smallest absolute Gasteiger partial charge is 0.234 e. The summed E-state index contributed by atoms with van der Waals surface area (Å²) in [4.78, 5) is 17.8. The molecule has 0 aromatic heterocycles. The number of rotatable bonds is 12. The van der Waals surface area contributed by atoms with Gasteiger partial charge in [0.1, 0.15) is 0 Å². The number of hydrogen-bond donors (Lipinski definition) is 1. The van der Waals surface area contributed by atoms with Gasteiger partial charge >= 0.3 is 0 Å². The van der Waals surface area contributed by atoms with Crippen molar-refractivity contribution in [1.29, 1.82) is 0 Å². The molecule has 0 aliphatic carbocycles. The summed E-state index contributed by atoms with van der Waals surface area (Å²) in [5.41, 5.74) is 1.32. The molecule has 1 amide bonds. The number of halogens is 2. The molecule has 4 nitrogen and oxygen atoms in total. The summed E-state index contributed by atoms with van der Waals surface area (Å²) in [7, 11) is 0. The Morgan fingerprint density at radius 2 is 1.66 bits per heavy atom. The van der Waals surface area contributed by atoms with E-state index < -0.39 is 0 Å². The first-order valence-electron chi connectivity index (χ1n) is 13.2. The van der Waals surface area contributed by atoms with Gasteiger partial charge in [0.2, 0.25) is 5.91 Å². The van der Waals surface area contributed by atoms with Crippen LogP contribution in [0.2, 0.25) is 0 Å². The van der Waals surface area contributed by atoms with Crippen LogP contribution in [0.15, 0.2) is 42.5 Å². The topological polar surface area (TPSA) is 35.6 Å². The number of fused-ring (bicyclic) bond motifs is 1. The quantitative estimate of drug-likeness (QED) is 0.354. The highest BCUT2D eigenvalue weighted by Crippen LogP contribution is 2.39. The Hall–Kier alpha value is -1.33. The maximum absolute atomic E-state index is 12.9. The molecule has 0 bridgehead atoms. The van der Waals surface area contributed by atoms with Crippen LogP contribution >= 0.6 is 24.8 Å². The fourth-order valence-electron chi connectivity index (χ4n) is 5.60. The molecule has 1 atom stereocenters. The van der Waals surface area contributed by atoms with Crippen molar-refractivity contribution >= 4 is 41.5 Å². The SMILES string of the molecule is CCN(CC)CC(=O)NCC(CCN1CCCCC1)(CC(C)C)c1cccc2ccccc12.Cl.Cl. The van der Waals surface area contributed by atoms with E-state index in [9.17, 15) is 4.79 Å². The first-order valence-corrected chi connectivity index (χ1v) is 13.2. The van der Waals surface area contributed by atoms with Gasteiger partial charge < -0.3 is 10.2 Å². The minimum Gasteiger partial charge on any atom is -0.354 e. The molecule has 1 aliphatic heterocycles. The third kappa shape index (κ3) is 8.93. The molecule has 2 aromatic carbocycles. The minimum atomic E-state index is -0.0780. The highest BCUT2D eigenvalue weighted by atomic mass is 35.5. The van der Waals surface area contributed by atoms with E-state index >= 15 is 0 Å². The van der Waals surface area contributed by atoms with Gasteiger partial charge in [0, 0.05) is 12.0 Å². The molecule has 1 fully saturated rings. The second kappa shape index (κ2) is 15.7. The number of carbonyl (C=O) groups is 1. The number of likely N-dealkylation sites (N-methyl/N-ethyl adjacent to an activating group) is 1. The molecule has 1 aliphatic rings. The predicted octanol–water partition coefficient (Wildman–Crippen LogP) is 6.30. The number of nitrogens with one attached hydrogen (secondary N) is 1. The van der Waals surface area contributed by atoms with E-state index in [-0.39, 0.29) is 36.1 Å². The Morgan fingerprint density at radius 3 is 2.31 bits per heavy atom. The Balaban J connectivity index is 0.00000306. The van der Waals surface area contributed by atoms with E-state index in [1.165, 1.54) is 48.7 Å². The second-order valence-corrected chi connectivity index (χ2v) is 10.3. The van der Waals surface area contributed by atoms with Crippen LogP contribution in [-0.2, 0) is 10.2 Å². The van der Waals surface area contributed by atoms with Gasteiger partial charge in [0.15, 0.2) is 0 Å². The van der Waals surface area contributed by atoms with Gasteiger partial charge in [-0.15, -0.1) is 24.8 Å². The van der Waals surface area contributed by atoms with Crippen LogP contribution in [0.3, 0.4) is 0 Å². The average molecular weight is 525 g/mol. The molecule has 2 aromatic rings. The normalized spacial score (nSPS) is 15.9. The van der Waals surface area contributed by atoms with Crippen LogP contribution in [0.25, 0.3) is 10.8 Å². The lowest BCUT2D eigenvalue weighted by Gasteiger charge is -2.39. The highest BCUT2D eigenvalue weighted by molar-refractivity contribution is 5.87. The lowest BCUT2D eigenvalue weighted by Crippen LogP contribution is -2.47. The van der Waals surface area contributed by atoms with Gasteiger partial charge in [-0.05, 0) is 80.7 Å². The fourth-order valence-corrected chi connectivity index (χ4v) is 5.60. The molecule has 1 N–H and O–H groups in total. The van der Waals surface area contributed by atoms with Crippen molar-refractivity contribution in [3.63, 3.8) is 0 Å². The van der Waals surface area contributed by atoms with Gasteiger partial charge in [-0.1, -0.05) is 76.6 Å².